The van der Waals surface area contributed by atoms with Crippen molar-refractivity contribution in [3.63, 3.8) is 0 Å². The summed E-state index contributed by atoms with van der Waals surface area (Å²) in [6, 6.07) is -0.197. The summed E-state index contributed by atoms with van der Waals surface area (Å²) in [6.07, 6.45) is 10.8. The molecule has 0 aromatic rings. The molecule has 1 amide bonds. The first-order valence-corrected chi connectivity index (χ1v) is 7.97. The van der Waals surface area contributed by atoms with Gasteiger partial charge < -0.3 is 15.8 Å². The number of amides is 1. The van der Waals surface area contributed by atoms with Gasteiger partial charge >= 0.3 is 0 Å². The van der Waals surface area contributed by atoms with E-state index in [1.807, 2.05) is 0 Å². The van der Waals surface area contributed by atoms with Crippen LogP contribution in [0.25, 0.3) is 0 Å². The Bertz CT molecular complexity index is 318. The second-order valence-corrected chi connectivity index (χ2v) is 5.64. The highest BCUT2D eigenvalue weighted by atomic mass is 16.4. The van der Waals surface area contributed by atoms with Crippen LogP contribution in [0, 0.1) is 0 Å². The molecule has 1 aliphatic heterocycles. The van der Waals surface area contributed by atoms with E-state index in [9.17, 15) is 4.79 Å². The molecule has 20 heavy (non-hydrogen) atoms. The van der Waals surface area contributed by atoms with E-state index in [4.69, 9.17) is 10.9 Å². The van der Waals surface area contributed by atoms with Crippen LogP contribution in [0.15, 0.2) is 5.16 Å². The van der Waals surface area contributed by atoms with Gasteiger partial charge in [0.05, 0.1) is 6.04 Å². The van der Waals surface area contributed by atoms with Gasteiger partial charge in [-0.2, -0.15) is 0 Å². The maximum absolute atomic E-state index is 12.1. The largest absolute Gasteiger partial charge is 0.409 e. The summed E-state index contributed by atoms with van der Waals surface area (Å²) < 4.78 is 0. The lowest BCUT2D eigenvalue weighted by atomic mass is 10.1. The third kappa shape index (κ3) is 5.39. The lowest BCUT2D eigenvalue weighted by Gasteiger charge is -2.23. The van der Waals surface area contributed by atoms with Crippen LogP contribution < -0.4 is 5.73 Å². The van der Waals surface area contributed by atoms with E-state index in [-0.39, 0.29) is 17.8 Å². The summed E-state index contributed by atoms with van der Waals surface area (Å²) in [5.41, 5.74) is 5.64. The molecular formula is C15H29N3O2. The Labute approximate surface area is 122 Å². The van der Waals surface area contributed by atoms with Gasteiger partial charge in [-0.3, -0.25) is 4.79 Å². The monoisotopic (exact) mass is 283 g/mol. The van der Waals surface area contributed by atoms with E-state index in [1.165, 1.54) is 32.1 Å². The lowest BCUT2D eigenvalue weighted by molar-refractivity contribution is -0.131. The highest BCUT2D eigenvalue weighted by Crippen LogP contribution is 2.19. The van der Waals surface area contributed by atoms with Crippen molar-refractivity contribution in [1.29, 1.82) is 0 Å². The van der Waals surface area contributed by atoms with Crippen LogP contribution in [0.4, 0.5) is 0 Å². The Morgan fingerprint density at radius 2 is 1.90 bits per heavy atom. The molecule has 1 saturated heterocycles. The average Bonchev–Trinajstić information content (AvgIpc) is 2.94. The minimum Gasteiger partial charge on any atom is -0.409 e. The van der Waals surface area contributed by atoms with E-state index in [2.05, 4.69) is 12.1 Å². The second kappa shape index (κ2) is 9.61. The Morgan fingerprint density at radius 1 is 1.25 bits per heavy atom. The summed E-state index contributed by atoms with van der Waals surface area (Å²) in [5, 5.41) is 11.8. The molecular weight excluding hydrogens is 254 g/mol. The topological polar surface area (TPSA) is 78.9 Å². The molecule has 1 rings (SSSR count). The van der Waals surface area contributed by atoms with Crippen molar-refractivity contribution in [2.45, 2.75) is 77.2 Å². The third-order valence-electron chi connectivity index (χ3n) is 4.02. The summed E-state index contributed by atoms with van der Waals surface area (Å²) in [6.45, 7) is 2.95. The van der Waals surface area contributed by atoms with Crippen LogP contribution in [0.1, 0.15) is 71.1 Å². The van der Waals surface area contributed by atoms with E-state index in [1.54, 1.807) is 4.90 Å². The number of likely N-dealkylation sites (tertiary alicyclic amines) is 1. The zero-order valence-corrected chi connectivity index (χ0v) is 12.7. The molecule has 0 aromatic heterocycles. The SMILES string of the molecule is CCCCCCCCCC(=O)N1CCCC1C(N)=NO. The number of unbranched alkanes of at least 4 members (excludes halogenated alkanes) is 6. The number of carbonyl (C=O) groups is 1. The van der Waals surface area contributed by atoms with Crippen molar-refractivity contribution in [2.75, 3.05) is 6.54 Å². The van der Waals surface area contributed by atoms with Crippen molar-refractivity contribution in [3.8, 4) is 0 Å². The molecule has 0 radical (unpaired) electrons. The van der Waals surface area contributed by atoms with Crippen molar-refractivity contribution >= 4 is 11.7 Å². The first-order valence-electron chi connectivity index (χ1n) is 7.97. The Morgan fingerprint density at radius 3 is 2.55 bits per heavy atom. The number of hydrogen-bond donors (Lipinski definition) is 2. The number of rotatable bonds is 9. The van der Waals surface area contributed by atoms with Gasteiger partial charge in [-0.25, -0.2) is 0 Å². The fourth-order valence-corrected chi connectivity index (χ4v) is 2.82. The van der Waals surface area contributed by atoms with E-state index < -0.39 is 0 Å². The molecule has 0 aliphatic carbocycles. The number of carbonyl (C=O) groups excluding carboxylic acids is 1. The first-order chi connectivity index (χ1) is 9.70. The number of oxime groups is 1. The van der Waals surface area contributed by atoms with Gasteiger partial charge in [0.25, 0.3) is 0 Å². The number of nitrogens with two attached hydrogens (primary N) is 1. The highest BCUT2D eigenvalue weighted by molar-refractivity contribution is 5.90. The smallest absolute Gasteiger partial charge is 0.223 e. The van der Waals surface area contributed by atoms with Crippen LogP contribution in [-0.4, -0.2) is 34.4 Å². The van der Waals surface area contributed by atoms with Crippen LogP contribution in [0.3, 0.4) is 0 Å². The maximum Gasteiger partial charge on any atom is 0.223 e. The van der Waals surface area contributed by atoms with E-state index >= 15 is 0 Å². The van der Waals surface area contributed by atoms with Crippen molar-refractivity contribution in [2.24, 2.45) is 10.9 Å². The van der Waals surface area contributed by atoms with Crippen LogP contribution in [-0.2, 0) is 4.79 Å². The summed E-state index contributed by atoms with van der Waals surface area (Å²) in [7, 11) is 0. The highest BCUT2D eigenvalue weighted by Gasteiger charge is 2.31. The van der Waals surface area contributed by atoms with E-state index in [0.717, 1.165) is 32.2 Å². The van der Waals surface area contributed by atoms with E-state index in [0.29, 0.717) is 6.42 Å². The minimum atomic E-state index is -0.197. The fraction of sp³-hybridized carbons (Fsp3) is 0.867. The molecule has 5 heteroatoms. The van der Waals surface area contributed by atoms with Gasteiger partial charge in [0.2, 0.25) is 5.91 Å². The molecule has 1 heterocycles. The Balaban J connectivity index is 2.19. The van der Waals surface area contributed by atoms with Crippen LogP contribution >= 0.6 is 0 Å². The zero-order chi connectivity index (χ0) is 14.8. The van der Waals surface area contributed by atoms with Gasteiger partial charge in [-0.1, -0.05) is 50.6 Å². The minimum absolute atomic E-state index is 0.146. The molecule has 3 N–H and O–H groups in total. The molecule has 0 aromatic carbocycles. The average molecular weight is 283 g/mol. The van der Waals surface area contributed by atoms with Gasteiger partial charge in [-0.15, -0.1) is 0 Å². The standard InChI is InChI=1S/C15H29N3O2/c1-2-3-4-5-6-7-8-11-14(19)18-12-9-10-13(18)15(16)17-20/h13,20H,2-12H2,1H3,(H2,16,17). The van der Waals surface area contributed by atoms with Crippen molar-refractivity contribution < 1.29 is 10.0 Å². The Hall–Kier alpha value is -1.26. The molecule has 5 nitrogen and oxygen atoms in total. The summed E-state index contributed by atoms with van der Waals surface area (Å²) >= 11 is 0. The molecule has 0 bridgehead atoms. The number of amidine groups is 1. The van der Waals surface area contributed by atoms with Crippen molar-refractivity contribution in [1.82, 2.24) is 4.90 Å². The molecule has 116 valence electrons. The molecule has 1 aliphatic rings. The number of hydrogen-bond acceptors (Lipinski definition) is 3. The molecule has 0 spiro atoms. The van der Waals surface area contributed by atoms with Gasteiger partial charge in [0.1, 0.15) is 0 Å². The first kappa shape index (κ1) is 16.8. The summed E-state index contributed by atoms with van der Waals surface area (Å²) in [5.74, 6) is 0.308. The lowest BCUT2D eigenvalue weighted by Crippen LogP contribution is -2.43. The predicted octanol–water partition coefficient (Wildman–Crippen LogP) is 2.86. The normalized spacial score (nSPS) is 19.6. The maximum atomic E-state index is 12.1. The van der Waals surface area contributed by atoms with Crippen molar-refractivity contribution in [3.05, 3.63) is 0 Å². The van der Waals surface area contributed by atoms with Gasteiger partial charge in [-0.05, 0) is 19.3 Å². The predicted molar refractivity (Wildman–Crippen MR) is 80.8 cm³/mol. The van der Waals surface area contributed by atoms with Gasteiger partial charge in [0.15, 0.2) is 5.84 Å². The molecule has 1 fully saturated rings. The third-order valence-corrected chi connectivity index (χ3v) is 4.02. The second-order valence-electron chi connectivity index (χ2n) is 5.64. The Kier molecular flexibility index (Phi) is 8.07. The van der Waals surface area contributed by atoms with Crippen LogP contribution in [0.5, 0.6) is 0 Å². The molecule has 1 unspecified atom stereocenters. The summed E-state index contributed by atoms with van der Waals surface area (Å²) in [4.78, 5) is 13.9. The number of nitrogens with zero attached hydrogens (tertiary/aromatic N) is 2. The molecule has 0 saturated carbocycles. The molecule has 1 atom stereocenters. The van der Waals surface area contributed by atoms with Gasteiger partial charge in [0, 0.05) is 13.0 Å². The zero-order valence-electron chi connectivity index (χ0n) is 12.7. The van der Waals surface area contributed by atoms with Crippen LogP contribution in [0.2, 0.25) is 0 Å². The fourth-order valence-electron chi connectivity index (χ4n) is 2.82. The quantitative estimate of drug-likeness (QED) is 0.224.